The van der Waals surface area contributed by atoms with Gasteiger partial charge in [0.15, 0.2) is 5.15 Å². The van der Waals surface area contributed by atoms with Gasteiger partial charge in [0.05, 0.1) is 6.61 Å². The fourth-order valence-corrected chi connectivity index (χ4v) is 2.68. The van der Waals surface area contributed by atoms with Gasteiger partial charge in [-0.05, 0) is 25.2 Å². The Balaban J connectivity index is 2.57. The van der Waals surface area contributed by atoms with Crippen LogP contribution in [0.15, 0.2) is 0 Å². The Morgan fingerprint density at radius 3 is 2.41 bits per heavy atom. The van der Waals surface area contributed by atoms with Gasteiger partial charge in [0, 0.05) is 18.6 Å². The molecule has 0 aliphatic carbocycles. The van der Waals surface area contributed by atoms with Gasteiger partial charge < -0.3 is 4.74 Å². The van der Waals surface area contributed by atoms with Crippen molar-refractivity contribution >= 4 is 33.2 Å². The maximum Gasteiger partial charge on any atom is 0.389 e. The molecule has 0 radical (unpaired) electrons. The highest BCUT2D eigenvalue weighted by molar-refractivity contribution is 8.32. The van der Waals surface area contributed by atoms with E-state index >= 15 is 0 Å². The molecular formula is C13H21Cl2F3N2OS. The Bertz CT molecular complexity index is 487. The zero-order valence-corrected chi connectivity index (χ0v) is 15.2. The molecule has 0 aliphatic heterocycles. The van der Waals surface area contributed by atoms with E-state index in [1.54, 1.807) is 0 Å². The number of nitrogens with zero attached hydrogens (tertiary/aromatic N) is 2. The predicted octanol–water partition coefficient (Wildman–Crippen LogP) is 4.74. The van der Waals surface area contributed by atoms with Crippen LogP contribution in [0.4, 0.5) is 13.2 Å². The van der Waals surface area contributed by atoms with Crippen molar-refractivity contribution in [2.45, 2.75) is 32.2 Å². The highest BCUT2D eigenvalue weighted by Gasteiger charge is 2.26. The number of imidazole rings is 1. The van der Waals surface area contributed by atoms with Gasteiger partial charge in [0.25, 0.3) is 0 Å². The third kappa shape index (κ3) is 7.44. The maximum absolute atomic E-state index is 12.2. The highest BCUT2D eigenvalue weighted by Crippen LogP contribution is 2.33. The van der Waals surface area contributed by atoms with E-state index in [1.165, 1.54) is 4.57 Å². The second kappa shape index (κ2) is 8.13. The Kier molecular flexibility index (Phi) is 7.36. The molecule has 0 bridgehead atoms. The van der Waals surface area contributed by atoms with E-state index in [9.17, 15) is 13.2 Å². The highest BCUT2D eigenvalue weighted by atomic mass is 35.5. The lowest BCUT2D eigenvalue weighted by Gasteiger charge is -2.24. The van der Waals surface area contributed by atoms with Crippen LogP contribution >= 0.6 is 33.2 Å². The first-order valence-electron chi connectivity index (χ1n) is 6.70. The average Bonchev–Trinajstić information content (AvgIpc) is 2.59. The molecule has 0 fully saturated rings. The van der Waals surface area contributed by atoms with E-state index in [4.69, 9.17) is 27.9 Å². The lowest BCUT2D eigenvalue weighted by atomic mass is 10.2. The van der Waals surface area contributed by atoms with Gasteiger partial charge in [-0.15, -0.1) is 0 Å². The van der Waals surface area contributed by atoms with Crippen LogP contribution in [0, 0.1) is 0 Å². The smallest absolute Gasteiger partial charge is 0.360 e. The average molecular weight is 381 g/mol. The first-order chi connectivity index (χ1) is 9.99. The molecular weight excluding hydrogens is 360 g/mol. The van der Waals surface area contributed by atoms with Crippen LogP contribution < -0.4 is 0 Å². The van der Waals surface area contributed by atoms with Crippen molar-refractivity contribution in [2.24, 2.45) is 0 Å². The van der Waals surface area contributed by atoms with Gasteiger partial charge in [-0.2, -0.15) is 13.2 Å². The molecule has 22 heavy (non-hydrogen) atoms. The van der Waals surface area contributed by atoms with Crippen molar-refractivity contribution in [3.8, 4) is 0 Å². The van der Waals surface area contributed by atoms with Crippen molar-refractivity contribution in [1.82, 2.24) is 9.55 Å². The Hall–Kier alpha value is -0.110. The van der Waals surface area contributed by atoms with Gasteiger partial charge in [0.2, 0.25) is 0 Å². The van der Waals surface area contributed by atoms with Crippen molar-refractivity contribution in [3.05, 3.63) is 16.1 Å². The van der Waals surface area contributed by atoms with E-state index in [0.717, 1.165) is 5.75 Å². The lowest BCUT2D eigenvalue weighted by molar-refractivity contribution is -0.135. The van der Waals surface area contributed by atoms with Crippen molar-refractivity contribution in [1.29, 1.82) is 0 Å². The molecule has 130 valence electrons. The van der Waals surface area contributed by atoms with Gasteiger partial charge in [0.1, 0.15) is 17.7 Å². The topological polar surface area (TPSA) is 27.1 Å². The lowest BCUT2D eigenvalue weighted by Crippen LogP contribution is -2.13. The Morgan fingerprint density at radius 2 is 1.86 bits per heavy atom. The molecule has 0 spiro atoms. The van der Waals surface area contributed by atoms with E-state index < -0.39 is 22.6 Å². The fourth-order valence-electron chi connectivity index (χ4n) is 1.68. The summed E-state index contributed by atoms with van der Waals surface area (Å²) in [6.45, 7) is 0.711. The number of hydrogen-bond donors (Lipinski definition) is 0. The van der Waals surface area contributed by atoms with Crippen molar-refractivity contribution in [3.63, 3.8) is 0 Å². The van der Waals surface area contributed by atoms with E-state index in [2.05, 4.69) is 23.8 Å². The first-order valence-corrected chi connectivity index (χ1v) is 10.5. The minimum Gasteiger partial charge on any atom is -0.360 e. The van der Waals surface area contributed by atoms with Gasteiger partial charge in [-0.1, -0.05) is 23.2 Å². The SMILES string of the molecule is CS(C)(C)CCOCn1c(CCCC(F)(F)F)nc(Cl)c1Cl. The molecule has 9 heteroatoms. The Morgan fingerprint density at radius 1 is 1.23 bits per heavy atom. The first kappa shape index (κ1) is 19.9. The van der Waals surface area contributed by atoms with Crippen LogP contribution in [0.2, 0.25) is 10.3 Å². The second-order valence-electron chi connectivity index (χ2n) is 5.84. The van der Waals surface area contributed by atoms with Gasteiger partial charge >= 0.3 is 6.18 Å². The standard InChI is InChI=1S/C13H21Cl2F3N2OS/c1-22(2,3)8-7-21-9-20-10(19-11(14)12(20)15)5-4-6-13(16,17)18/h4-9H2,1-3H3. The molecule has 0 saturated carbocycles. The monoisotopic (exact) mass is 380 g/mol. The van der Waals surface area contributed by atoms with Crippen LogP contribution in [0.5, 0.6) is 0 Å². The minimum absolute atomic E-state index is 0.0562. The summed E-state index contributed by atoms with van der Waals surface area (Å²) in [5.41, 5.74) is 0. The number of alkyl halides is 3. The summed E-state index contributed by atoms with van der Waals surface area (Å²) in [4.78, 5) is 4.01. The summed E-state index contributed by atoms with van der Waals surface area (Å²) in [6, 6.07) is 0. The molecule has 0 aliphatic rings. The molecule has 0 amide bonds. The summed E-state index contributed by atoms with van der Waals surface area (Å²) < 4.78 is 43.7. The molecule has 0 N–H and O–H groups in total. The number of hydrogen-bond acceptors (Lipinski definition) is 2. The number of aromatic nitrogens is 2. The quantitative estimate of drug-likeness (QED) is 0.608. The number of halogens is 5. The molecule has 0 unspecified atom stereocenters. The number of ether oxygens (including phenoxy) is 1. The van der Waals surface area contributed by atoms with Crippen molar-refractivity contribution in [2.75, 3.05) is 31.1 Å². The van der Waals surface area contributed by atoms with Crippen molar-refractivity contribution < 1.29 is 17.9 Å². The van der Waals surface area contributed by atoms with E-state index in [1.807, 2.05) is 0 Å². The largest absolute Gasteiger partial charge is 0.389 e. The molecule has 1 aromatic rings. The molecule has 0 aromatic carbocycles. The summed E-state index contributed by atoms with van der Waals surface area (Å²) in [5, 5.41) is 0.292. The van der Waals surface area contributed by atoms with Crippen LogP contribution in [-0.2, 0) is 17.9 Å². The van der Waals surface area contributed by atoms with Gasteiger partial charge in [-0.25, -0.2) is 15.0 Å². The number of aryl methyl sites for hydroxylation is 1. The van der Waals surface area contributed by atoms with Crippen LogP contribution in [0.1, 0.15) is 18.7 Å². The molecule has 1 heterocycles. The molecule has 1 rings (SSSR count). The van der Waals surface area contributed by atoms with Gasteiger partial charge in [-0.3, -0.25) is 4.57 Å². The summed E-state index contributed by atoms with van der Waals surface area (Å²) in [5.74, 6) is 1.36. The zero-order chi connectivity index (χ0) is 17.0. The van der Waals surface area contributed by atoms with Crippen LogP contribution in [0.25, 0.3) is 0 Å². The van der Waals surface area contributed by atoms with E-state index in [-0.39, 0.29) is 29.9 Å². The summed E-state index contributed by atoms with van der Waals surface area (Å²) in [6.07, 6.45) is 1.61. The van der Waals surface area contributed by atoms with Crippen LogP contribution in [0.3, 0.4) is 0 Å². The Labute approximate surface area is 140 Å². The molecule has 3 nitrogen and oxygen atoms in total. The van der Waals surface area contributed by atoms with Crippen LogP contribution in [-0.4, -0.2) is 46.9 Å². The normalized spacial score (nSPS) is 13.6. The second-order valence-corrected chi connectivity index (χ2v) is 11.1. The fraction of sp³-hybridized carbons (Fsp3) is 0.769. The zero-order valence-electron chi connectivity index (χ0n) is 12.8. The third-order valence-electron chi connectivity index (χ3n) is 2.87. The van der Waals surface area contributed by atoms with E-state index in [0.29, 0.717) is 12.4 Å². The molecule has 1 aromatic heterocycles. The maximum atomic E-state index is 12.2. The summed E-state index contributed by atoms with van der Waals surface area (Å²) >= 11 is 11.9. The molecule has 0 saturated heterocycles. The number of rotatable bonds is 8. The summed E-state index contributed by atoms with van der Waals surface area (Å²) in [7, 11) is -0.658. The molecule has 0 atom stereocenters. The third-order valence-corrected chi connectivity index (χ3v) is 5.00. The predicted molar refractivity (Wildman–Crippen MR) is 87.4 cm³/mol. The minimum atomic E-state index is -4.17.